The van der Waals surface area contributed by atoms with Crippen LogP contribution in [0.2, 0.25) is 0 Å². The predicted octanol–water partition coefficient (Wildman–Crippen LogP) is 2.13. The first-order chi connectivity index (χ1) is 8.49. The Morgan fingerprint density at radius 1 is 1.17 bits per heavy atom. The van der Waals surface area contributed by atoms with Crippen molar-refractivity contribution in [1.82, 2.24) is 5.32 Å². The second kappa shape index (κ2) is 4.80. The Balaban J connectivity index is 2.41. The van der Waals surface area contributed by atoms with Crippen molar-refractivity contribution in [3.05, 3.63) is 29.3 Å². The molecule has 1 unspecified atom stereocenters. The maximum Gasteiger partial charge on any atom is 0.253 e. The predicted molar refractivity (Wildman–Crippen MR) is 70.7 cm³/mol. The first kappa shape index (κ1) is 12.6. The van der Waals surface area contributed by atoms with Crippen LogP contribution in [-0.2, 0) is 4.79 Å². The van der Waals surface area contributed by atoms with E-state index in [-0.39, 0.29) is 18.4 Å². The molecule has 0 aromatic heterocycles. The molecular formula is C14H18N2O2. The first-order valence-electron chi connectivity index (χ1n) is 6.21. The van der Waals surface area contributed by atoms with Gasteiger partial charge >= 0.3 is 0 Å². The highest BCUT2D eigenvalue weighted by molar-refractivity contribution is 6.08. The average molecular weight is 246 g/mol. The summed E-state index contributed by atoms with van der Waals surface area (Å²) in [7, 11) is 0. The van der Waals surface area contributed by atoms with E-state index in [4.69, 9.17) is 0 Å². The molecule has 96 valence electrons. The fourth-order valence-corrected chi connectivity index (χ4v) is 1.98. The number of fused-ring (bicyclic) bond motifs is 1. The van der Waals surface area contributed by atoms with Crippen LogP contribution in [0.15, 0.2) is 18.2 Å². The summed E-state index contributed by atoms with van der Waals surface area (Å²) in [6.07, 6.45) is 0. The minimum Gasteiger partial charge on any atom is -0.343 e. The zero-order valence-electron chi connectivity index (χ0n) is 10.9. The van der Waals surface area contributed by atoms with Crippen LogP contribution in [0, 0.1) is 5.92 Å². The zero-order chi connectivity index (χ0) is 13.3. The Kier molecular flexibility index (Phi) is 3.36. The van der Waals surface area contributed by atoms with Crippen molar-refractivity contribution in [2.24, 2.45) is 5.92 Å². The molecule has 1 aliphatic heterocycles. The monoisotopic (exact) mass is 246 g/mol. The number of hydrogen-bond acceptors (Lipinski definition) is 2. The molecule has 0 bridgehead atoms. The van der Waals surface area contributed by atoms with Crippen LogP contribution in [-0.4, -0.2) is 18.4 Å². The molecule has 2 N–H and O–H groups in total. The van der Waals surface area contributed by atoms with E-state index in [1.165, 1.54) is 0 Å². The van der Waals surface area contributed by atoms with Crippen LogP contribution in [0.4, 0.5) is 5.69 Å². The normalized spacial score (nSPS) is 16.7. The van der Waals surface area contributed by atoms with E-state index in [1.54, 1.807) is 6.07 Å². The molecule has 2 rings (SSSR count). The van der Waals surface area contributed by atoms with Gasteiger partial charge in [-0.2, -0.15) is 0 Å². The molecule has 1 aliphatic rings. The summed E-state index contributed by atoms with van der Waals surface area (Å²) in [5.41, 5.74) is 2.28. The van der Waals surface area contributed by atoms with E-state index in [1.807, 2.05) is 12.1 Å². The van der Waals surface area contributed by atoms with Gasteiger partial charge in [0.1, 0.15) is 0 Å². The van der Waals surface area contributed by atoms with E-state index < -0.39 is 0 Å². The van der Waals surface area contributed by atoms with Crippen LogP contribution in [0.3, 0.4) is 0 Å². The van der Waals surface area contributed by atoms with Gasteiger partial charge in [0.05, 0.1) is 17.8 Å². The molecule has 1 aromatic carbocycles. The summed E-state index contributed by atoms with van der Waals surface area (Å²) in [5.74, 6) is 0.514. The molecule has 0 fully saturated rings. The standard InChI is InChI=1S/C14H18N2O2/c1-8(2)9(3)10-4-5-11-12(6-10)16-13(17)7-15-14(11)18/h4-6,8-9H,7H2,1-3H3,(H,15,18)(H,16,17). The van der Waals surface area contributed by atoms with Crippen LogP contribution in [0.1, 0.15) is 42.6 Å². The second-order valence-electron chi connectivity index (χ2n) is 5.07. The third-order valence-electron chi connectivity index (χ3n) is 3.50. The summed E-state index contributed by atoms with van der Waals surface area (Å²) >= 11 is 0. The Morgan fingerprint density at radius 2 is 1.89 bits per heavy atom. The van der Waals surface area contributed by atoms with Crippen LogP contribution < -0.4 is 10.6 Å². The van der Waals surface area contributed by atoms with Crippen molar-refractivity contribution in [2.75, 3.05) is 11.9 Å². The molecule has 1 atom stereocenters. The largest absolute Gasteiger partial charge is 0.343 e. The van der Waals surface area contributed by atoms with Crippen molar-refractivity contribution < 1.29 is 9.59 Å². The lowest BCUT2D eigenvalue weighted by atomic mass is 9.89. The summed E-state index contributed by atoms with van der Waals surface area (Å²) in [6.45, 7) is 6.48. The number of hydrogen-bond donors (Lipinski definition) is 2. The maximum absolute atomic E-state index is 11.8. The van der Waals surface area contributed by atoms with Crippen LogP contribution >= 0.6 is 0 Å². The van der Waals surface area contributed by atoms with Crippen molar-refractivity contribution in [1.29, 1.82) is 0 Å². The average Bonchev–Trinajstić information content (AvgIpc) is 2.47. The quantitative estimate of drug-likeness (QED) is 0.839. The minimum atomic E-state index is -0.202. The summed E-state index contributed by atoms with van der Waals surface area (Å²) in [5, 5.41) is 5.34. The SMILES string of the molecule is CC(C)C(C)c1ccc2c(c1)NC(=O)CNC2=O. The molecule has 2 amide bonds. The highest BCUT2D eigenvalue weighted by Crippen LogP contribution is 2.28. The second-order valence-corrected chi connectivity index (χ2v) is 5.07. The first-order valence-corrected chi connectivity index (χ1v) is 6.21. The highest BCUT2D eigenvalue weighted by Gasteiger charge is 2.20. The number of amides is 2. The number of carbonyl (C=O) groups is 2. The highest BCUT2D eigenvalue weighted by atomic mass is 16.2. The molecule has 0 spiro atoms. The minimum absolute atomic E-state index is 0.0303. The van der Waals surface area contributed by atoms with Gasteiger partial charge in [-0.1, -0.05) is 26.8 Å². The number of anilines is 1. The van der Waals surface area contributed by atoms with Gasteiger partial charge in [-0.05, 0) is 29.5 Å². The van der Waals surface area contributed by atoms with Crippen molar-refractivity contribution in [3.63, 3.8) is 0 Å². The number of benzene rings is 1. The van der Waals surface area contributed by atoms with Crippen LogP contribution in [0.5, 0.6) is 0 Å². The maximum atomic E-state index is 11.8. The van der Waals surface area contributed by atoms with Gasteiger partial charge in [0, 0.05) is 0 Å². The van der Waals surface area contributed by atoms with Crippen molar-refractivity contribution in [2.45, 2.75) is 26.7 Å². The molecule has 0 saturated carbocycles. The van der Waals surface area contributed by atoms with E-state index in [2.05, 4.69) is 31.4 Å². The summed E-state index contributed by atoms with van der Waals surface area (Å²) in [6, 6.07) is 5.65. The fourth-order valence-electron chi connectivity index (χ4n) is 1.98. The molecule has 4 nitrogen and oxygen atoms in total. The van der Waals surface area contributed by atoms with E-state index in [0.29, 0.717) is 23.1 Å². The molecule has 1 heterocycles. The lowest BCUT2D eigenvalue weighted by Crippen LogP contribution is -2.28. The van der Waals surface area contributed by atoms with E-state index >= 15 is 0 Å². The number of rotatable bonds is 2. The Hall–Kier alpha value is -1.84. The summed E-state index contributed by atoms with van der Waals surface area (Å²) < 4.78 is 0. The van der Waals surface area contributed by atoms with Crippen LogP contribution in [0.25, 0.3) is 0 Å². The lowest BCUT2D eigenvalue weighted by Gasteiger charge is -2.17. The van der Waals surface area contributed by atoms with Gasteiger partial charge in [-0.25, -0.2) is 0 Å². The molecule has 1 aromatic rings. The van der Waals surface area contributed by atoms with Gasteiger partial charge < -0.3 is 10.6 Å². The molecule has 0 saturated heterocycles. The molecule has 18 heavy (non-hydrogen) atoms. The fraction of sp³-hybridized carbons (Fsp3) is 0.429. The topological polar surface area (TPSA) is 58.2 Å². The summed E-state index contributed by atoms with van der Waals surface area (Å²) in [4.78, 5) is 23.2. The molecule has 0 radical (unpaired) electrons. The van der Waals surface area contributed by atoms with Gasteiger partial charge in [0.15, 0.2) is 0 Å². The van der Waals surface area contributed by atoms with E-state index in [9.17, 15) is 9.59 Å². The Bertz CT molecular complexity index is 495. The Morgan fingerprint density at radius 3 is 2.56 bits per heavy atom. The number of nitrogens with one attached hydrogen (secondary N) is 2. The third-order valence-corrected chi connectivity index (χ3v) is 3.50. The third kappa shape index (κ3) is 2.37. The van der Waals surface area contributed by atoms with Gasteiger partial charge in [-0.15, -0.1) is 0 Å². The number of carbonyl (C=O) groups excluding carboxylic acids is 2. The lowest BCUT2D eigenvalue weighted by molar-refractivity contribution is -0.115. The van der Waals surface area contributed by atoms with Gasteiger partial charge in [-0.3, -0.25) is 9.59 Å². The Labute approximate surface area is 107 Å². The van der Waals surface area contributed by atoms with Gasteiger partial charge in [0.25, 0.3) is 5.91 Å². The van der Waals surface area contributed by atoms with Crippen molar-refractivity contribution >= 4 is 17.5 Å². The molecule has 4 heteroatoms. The van der Waals surface area contributed by atoms with Crippen molar-refractivity contribution in [3.8, 4) is 0 Å². The smallest absolute Gasteiger partial charge is 0.253 e. The van der Waals surface area contributed by atoms with Gasteiger partial charge in [0.2, 0.25) is 5.91 Å². The van der Waals surface area contributed by atoms with E-state index in [0.717, 1.165) is 5.56 Å². The molecular weight excluding hydrogens is 228 g/mol. The zero-order valence-corrected chi connectivity index (χ0v) is 10.9. The molecule has 0 aliphatic carbocycles.